The van der Waals surface area contributed by atoms with E-state index in [2.05, 4.69) is 209 Å². The molecule has 0 bridgehead atoms. The van der Waals surface area contributed by atoms with E-state index in [1.54, 1.807) is 0 Å². The summed E-state index contributed by atoms with van der Waals surface area (Å²) >= 11 is 0. The highest BCUT2D eigenvalue weighted by Crippen LogP contribution is 2.57. The largest absolute Gasteiger partial charge is 0.310 e. The van der Waals surface area contributed by atoms with Crippen molar-refractivity contribution in [1.29, 1.82) is 0 Å². The van der Waals surface area contributed by atoms with Crippen LogP contribution in [0.15, 0.2) is 170 Å². The Labute approximate surface area is 328 Å². The van der Waals surface area contributed by atoms with Crippen molar-refractivity contribution in [1.82, 2.24) is 0 Å². The van der Waals surface area contributed by atoms with E-state index in [1.165, 1.54) is 92.8 Å². The van der Waals surface area contributed by atoms with E-state index >= 15 is 0 Å². The average molecular weight is 718 g/mol. The first-order chi connectivity index (χ1) is 27.1. The summed E-state index contributed by atoms with van der Waals surface area (Å²) in [4.78, 5) is 2.44. The normalized spacial score (nSPS) is 13.6. The first-order valence-corrected chi connectivity index (χ1v) is 19.9. The molecule has 0 radical (unpaired) electrons. The van der Waals surface area contributed by atoms with Crippen molar-refractivity contribution >= 4 is 70.9 Å². The molecular weight excluding hydrogens is 675 g/mol. The molecule has 0 aliphatic heterocycles. The smallest absolute Gasteiger partial charge is 0.0468 e. The van der Waals surface area contributed by atoms with Crippen LogP contribution in [0.25, 0.3) is 76.1 Å². The van der Waals surface area contributed by atoms with Gasteiger partial charge >= 0.3 is 0 Å². The molecule has 0 aromatic heterocycles. The van der Waals surface area contributed by atoms with Crippen LogP contribution in [0.4, 0.5) is 17.1 Å². The fraction of sp³-hybridized carbons (Fsp3) is 0.127. The van der Waals surface area contributed by atoms with Crippen LogP contribution in [0.5, 0.6) is 0 Å². The monoisotopic (exact) mass is 717 g/mol. The van der Waals surface area contributed by atoms with Crippen LogP contribution in [0.2, 0.25) is 0 Å². The van der Waals surface area contributed by atoms with Crippen molar-refractivity contribution in [2.75, 3.05) is 4.90 Å². The topological polar surface area (TPSA) is 3.24 Å². The zero-order valence-electron chi connectivity index (χ0n) is 32.6. The Kier molecular flexibility index (Phi) is 6.93. The number of rotatable bonds is 4. The molecule has 1 heteroatoms. The van der Waals surface area contributed by atoms with Crippen molar-refractivity contribution in [3.8, 4) is 22.3 Å². The molecule has 0 fully saturated rings. The highest BCUT2D eigenvalue weighted by molar-refractivity contribution is 6.31. The van der Waals surface area contributed by atoms with Gasteiger partial charge in [0.1, 0.15) is 0 Å². The van der Waals surface area contributed by atoms with Gasteiger partial charge in [-0.2, -0.15) is 0 Å². The fourth-order valence-corrected chi connectivity index (χ4v) is 9.87. The quantitative estimate of drug-likeness (QED) is 0.164. The van der Waals surface area contributed by atoms with Crippen molar-refractivity contribution in [3.05, 3.63) is 187 Å². The van der Waals surface area contributed by atoms with E-state index in [0.717, 1.165) is 17.1 Å². The van der Waals surface area contributed by atoms with Crippen LogP contribution >= 0.6 is 0 Å². The molecule has 56 heavy (non-hydrogen) atoms. The summed E-state index contributed by atoms with van der Waals surface area (Å²) in [5, 5.41) is 13.0. The lowest BCUT2D eigenvalue weighted by molar-refractivity contribution is 0.590. The molecule has 1 aliphatic carbocycles. The molecule has 0 atom stereocenters. The average Bonchev–Trinajstić information content (AvgIpc) is 3.46. The van der Waals surface area contributed by atoms with Gasteiger partial charge in [0, 0.05) is 22.5 Å². The summed E-state index contributed by atoms with van der Waals surface area (Å²) in [6, 6.07) is 63.9. The first kappa shape index (κ1) is 32.9. The van der Waals surface area contributed by atoms with Crippen LogP contribution in [0, 0.1) is 0 Å². The molecule has 11 rings (SSSR count). The van der Waals surface area contributed by atoms with Crippen LogP contribution in [0.1, 0.15) is 51.3 Å². The Bertz CT molecular complexity index is 3110. The molecule has 10 aromatic rings. The molecule has 1 nitrogen and oxygen atoms in total. The summed E-state index contributed by atoms with van der Waals surface area (Å²) in [5.41, 5.74) is 12.8. The van der Waals surface area contributed by atoms with Gasteiger partial charge in [0.25, 0.3) is 0 Å². The third kappa shape index (κ3) is 4.80. The van der Waals surface area contributed by atoms with Gasteiger partial charge < -0.3 is 4.90 Å². The minimum Gasteiger partial charge on any atom is -0.310 e. The molecule has 10 aromatic carbocycles. The highest BCUT2D eigenvalue weighted by atomic mass is 15.1. The number of nitrogens with zero attached hydrogens (tertiary/aromatic N) is 1. The summed E-state index contributed by atoms with van der Waals surface area (Å²) in [7, 11) is 0. The van der Waals surface area contributed by atoms with E-state index in [4.69, 9.17) is 0 Å². The van der Waals surface area contributed by atoms with Crippen molar-refractivity contribution in [3.63, 3.8) is 0 Å². The maximum Gasteiger partial charge on any atom is 0.0468 e. The molecule has 0 saturated carbocycles. The molecule has 0 spiro atoms. The Balaban J connectivity index is 1.13. The van der Waals surface area contributed by atoms with Gasteiger partial charge in [0.15, 0.2) is 0 Å². The molecule has 0 unspecified atom stereocenters. The number of anilines is 3. The second kappa shape index (κ2) is 11.8. The van der Waals surface area contributed by atoms with Crippen molar-refractivity contribution in [2.24, 2.45) is 0 Å². The third-order valence-electron chi connectivity index (χ3n) is 12.7. The van der Waals surface area contributed by atoms with Gasteiger partial charge in [-0.25, -0.2) is 0 Å². The lowest BCUT2D eigenvalue weighted by atomic mass is 9.77. The van der Waals surface area contributed by atoms with Crippen molar-refractivity contribution < 1.29 is 0 Å². The lowest BCUT2D eigenvalue weighted by Gasteiger charge is -2.29. The van der Waals surface area contributed by atoms with E-state index in [1.807, 2.05) is 0 Å². The second-order valence-corrected chi connectivity index (χ2v) is 17.4. The Morgan fingerprint density at radius 3 is 1.64 bits per heavy atom. The van der Waals surface area contributed by atoms with Crippen LogP contribution in [-0.4, -0.2) is 0 Å². The molecule has 1 aliphatic rings. The third-order valence-corrected chi connectivity index (χ3v) is 12.7. The maximum absolute atomic E-state index is 2.48. The summed E-state index contributed by atoms with van der Waals surface area (Å²) in [6.07, 6.45) is 0. The van der Waals surface area contributed by atoms with E-state index in [-0.39, 0.29) is 10.8 Å². The van der Waals surface area contributed by atoms with Crippen molar-refractivity contribution in [2.45, 2.75) is 45.4 Å². The minimum atomic E-state index is -0.238. The van der Waals surface area contributed by atoms with Gasteiger partial charge in [-0.1, -0.05) is 162 Å². The van der Waals surface area contributed by atoms with Gasteiger partial charge in [-0.05, 0) is 141 Å². The number of hydrogen-bond donors (Lipinski definition) is 0. The standard InChI is InChI=1S/C55H43N/c1-54(2,3)40-24-20-36(21-25-40)48-32-39-16-10-18-46-50(39)51-44(48)17-11-19-47(51)53-52(46)45-29-28-43(33-49(45)55(53,4)5)56(41-26-22-34-12-6-8-14-37(34)30-41)42-27-23-35-13-7-9-15-38(35)31-42/h6-33H,1-5H3. The molecule has 0 N–H and O–H groups in total. The van der Waals surface area contributed by atoms with Crippen LogP contribution < -0.4 is 4.90 Å². The number of fused-ring (bicyclic) bond motifs is 7. The van der Waals surface area contributed by atoms with Gasteiger partial charge in [-0.3, -0.25) is 0 Å². The SMILES string of the molecule is CC(C)(C)c1ccc(-c2cc3cccc4c5c(c6cccc2c6c34)C(C)(C)c2cc(N(c3ccc4ccccc4c3)c3ccc4ccccc4c3)ccc2-5)cc1. The van der Waals surface area contributed by atoms with Gasteiger partial charge in [0.05, 0.1) is 0 Å². The minimum absolute atomic E-state index is 0.112. The number of hydrogen-bond acceptors (Lipinski definition) is 1. The van der Waals surface area contributed by atoms with E-state index in [9.17, 15) is 0 Å². The van der Waals surface area contributed by atoms with Gasteiger partial charge in [-0.15, -0.1) is 0 Å². The Hall–Kier alpha value is -6.44. The van der Waals surface area contributed by atoms with Gasteiger partial charge in [0.2, 0.25) is 0 Å². The van der Waals surface area contributed by atoms with Crippen LogP contribution in [0.3, 0.4) is 0 Å². The Morgan fingerprint density at radius 1 is 0.429 bits per heavy atom. The zero-order valence-corrected chi connectivity index (χ0v) is 32.6. The maximum atomic E-state index is 2.48. The predicted molar refractivity (Wildman–Crippen MR) is 242 cm³/mol. The summed E-state index contributed by atoms with van der Waals surface area (Å²) in [6.45, 7) is 11.7. The molecule has 0 saturated heterocycles. The summed E-state index contributed by atoms with van der Waals surface area (Å²) < 4.78 is 0. The molecular formula is C55H43N. The van der Waals surface area contributed by atoms with E-state index in [0.29, 0.717) is 0 Å². The zero-order chi connectivity index (χ0) is 37.9. The molecule has 0 amide bonds. The van der Waals surface area contributed by atoms with E-state index < -0.39 is 0 Å². The lowest BCUT2D eigenvalue weighted by Crippen LogP contribution is -2.17. The first-order valence-electron chi connectivity index (χ1n) is 19.9. The highest BCUT2D eigenvalue weighted by Gasteiger charge is 2.39. The number of benzene rings is 10. The molecule has 0 heterocycles. The second-order valence-electron chi connectivity index (χ2n) is 17.4. The summed E-state index contributed by atoms with van der Waals surface area (Å²) in [5.74, 6) is 0. The Morgan fingerprint density at radius 2 is 0.982 bits per heavy atom. The fourth-order valence-electron chi connectivity index (χ4n) is 9.87. The van der Waals surface area contributed by atoms with Crippen LogP contribution in [-0.2, 0) is 10.8 Å². The molecule has 268 valence electrons. The predicted octanol–water partition coefficient (Wildman–Crippen LogP) is 15.6.